The molecule has 4 N–H and O–H groups in total. The molecular formula is C19H31N5O4. The highest BCUT2D eigenvalue weighted by molar-refractivity contribution is 6.09. The van der Waals surface area contributed by atoms with E-state index in [1.807, 2.05) is 0 Å². The number of carbonyl (C=O) groups is 4. The van der Waals surface area contributed by atoms with E-state index in [4.69, 9.17) is 5.73 Å². The predicted octanol–water partition coefficient (Wildman–Crippen LogP) is 0.0872. The van der Waals surface area contributed by atoms with Crippen molar-refractivity contribution in [2.45, 2.75) is 69.4 Å². The van der Waals surface area contributed by atoms with Crippen LogP contribution in [0.1, 0.15) is 57.8 Å². The van der Waals surface area contributed by atoms with E-state index in [0.717, 1.165) is 43.4 Å². The van der Waals surface area contributed by atoms with E-state index in [0.29, 0.717) is 25.9 Å². The van der Waals surface area contributed by atoms with E-state index in [1.165, 1.54) is 0 Å². The van der Waals surface area contributed by atoms with Crippen molar-refractivity contribution in [3.63, 3.8) is 0 Å². The minimum absolute atomic E-state index is 0.118. The number of carbonyl (C=O) groups excluding carboxylic acids is 4. The van der Waals surface area contributed by atoms with E-state index < -0.39 is 11.6 Å². The van der Waals surface area contributed by atoms with Crippen molar-refractivity contribution in [3.8, 4) is 0 Å². The zero-order valence-corrected chi connectivity index (χ0v) is 16.4. The first kappa shape index (κ1) is 20.6. The molecule has 0 aromatic heterocycles. The quantitative estimate of drug-likeness (QED) is 0.552. The van der Waals surface area contributed by atoms with Crippen LogP contribution in [-0.4, -0.2) is 71.3 Å². The predicted molar refractivity (Wildman–Crippen MR) is 102 cm³/mol. The van der Waals surface area contributed by atoms with Crippen molar-refractivity contribution in [1.82, 2.24) is 20.4 Å². The molecule has 1 spiro atoms. The lowest BCUT2D eigenvalue weighted by Crippen LogP contribution is -2.53. The Morgan fingerprint density at radius 2 is 1.89 bits per heavy atom. The van der Waals surface area contributed by atoms with Crippen LogP contribution < -0.4 is 16.4 Å². The second kappa shape index (κ2) is 8.89. The maximum atomic E-state index is 12.9. The first-order valence-corrected chi connectivity index (χ1v) is 10.4. The van der Waals surface area contributed by atoms with Crippen molar-refractivity contribution >= 4 is 23.8 Å². The molecule has 0 aromatic rings. The van der Waals surface area contributed by atoms with Crippen molar-refractivity contribution in [1.29, 1.82) is 0 Å². The topological polar surface area (TPSA) is 125 Å². The molecule has 1 saturated carbocycles. The van der Waals surface area contributed by atoms with E-state index in [9.17, 15) is 19.2 Å². The third-order valence-corrected chi connectivity index (χ3v) is 6.10. The first-order chi connectivity index (χ1) is 13.5. The molecule has 3 aliphatic rings. The van der Waals surface area contributed by atoms with Gasteiger partial charge in [-0.15, -0.1) is 0 Å². The Balaban J connectivity index is 1.61. The number of rotatable bonds is 6. The summed E-state index contributed by atoms with van der Waals surface area (Å²) < 4.78 is 0. The number of hydrogen-bond donors (Lipinski definition) is 3. The molecule has 0 radical (unpaired) electrons. The molecule has 0 aromatic carbocycles. The zero-order chi connectivity index (χ0) is 20.1. The number of nitrogens with two attached hydrogens (primary N) is 1. The molecule has 1 aliphatic carbocycles. The molecule has 3 rings (SSSR count). The summed E-state index contributed by atoms with van der Waals surface area (Å²) in [7, 11) is 0. The van der Waals surface area contributed by atoms with Gasteiger partial charge in [0.25, 0.3) is 5.91 Å². The molecule has 1 unspecified atom stereocenters. The summed E-state index contributed by atoms with van der Waals surface area (Å²) >= 11 is 0. The highest BCUT2D eigenvalue weighted by atomic mass is 16.2. The van der Waals surface area contributed by atoms with Gasteiger partial charge in [-0.2, -0.15) is 0 Å². The summed E-state index contributed by atoms with van der Waals surface area (Å²) in [4.78, 5) is 52.7. The minimum atomic E-state index is -0.812. The number of piperidine rings is 1. The first-order valence-electron chi connectivity index (χ1n) is 10.4. The smallest absolute Gasteiger partial charge is 0.325 e. The fraction of sp³-hybridized carbons (Fsp3) is 0.789. The van der Waals surface area contributed by atoms with Gasteiger partial charge in [0, 0.05) is 32.1 Å². The van der Waals surface area contributed by atoms with Crippen LogP contribution in [-0.2, 0) is 14.4 Å². The van der Waals surface area contributed by atoms with Crippen LogP contribution in [0.3, 0.4) is 0 Å². The van der Waals surface area contributed by atoms with Gasteiger partial charge in [-0.25, -0.2) is 4.79 Å². The second-order valence-electron chi connectivity index (χ2n) is 8.04. The summed E-state index contributed by atoms with van der Waals surface area (Å²) in [5, 5.41) is 5.66. The van der Waals surface area contributed by atoms with Crippen LogP contribution in [0.2, 0.25) is 0 Å². The molecule has 9 heteroatoms. The summed E-state index contributed by atoms with van der Waals surface area (Å²) in [5.74, 6) is -0.640. The standard InChI is InChI=1S/C19H31N5O4/c20-10-7-15(25)21-12-14-6-2-5-11-23(14)16(26)13-24-17(27)19(22-18(24)28)8-3-1-4-9-19/h14H,1-13,20H2,(H,21,25)(H,22,28). The van der Waals surface area contributed by atoms with E-state index in [1.54, 1.807) is 4.90 Å². The Labute approximate surface area is 165 Å². The van der Waals surface area contributed by atoms with Gasteiger partial charge in [0.1, 0.15) is 12.1 Å². The molecule has 2 heterocycles. The average Bonchev–Trinajstić information content (AvgIpc) is 2.91. The maximum Gasteiger partial charge on any atom is 0.325 e. The largest absolute Gasteiger partial charge is 0.354 e. The average molecular weight is 393 g/mol. The van der Waals surface area contributed by atoms with Crippen LogP contribution in [0.25, 0.3) is 0 Å². The number of nitrogens with one attached hydrogen (secondary N) is 2. The number of urea groups is 1. The lowest BCUT2D eigenvalue weighted by Gasteiger charge is -2.36. The van der Waals surface area contributed by atoms with Gasteiger partial charge in [-0.05, 0) is 32.1 Å². The van der Waals surface area contributed by atoms with E-state index in [2.05, 4.69) is 10.6 Å². The van der Waals surface area contributed by atoms with E-state index in [-0.39, 0.29) is 43.3 Å². The molecule has 2 aliphatic heterocycles. The molecule has 28 heavy (non-hydrogen) atoms. The molecular weight excluding hydrogens is 362 g/mol. The number of amides is 5. The lowest BCUT2D eigenvalue weighted by atomic mass is 9.82. The van der Waals surface area contributed by atoms with Crippen LogP contribution >= 0.6 is 0 Å². The summed E-state index contributed by atoms with van der Waals surface area (Å²) in [5.41, 5.74) is 4.58. The third kappa shape index (κ3) is 4.29. The fourth-order valence-corrected chi connectivity index (χ4v) is 4.53. The molecule has 1 atom stereocenters. The fourth-order valence-electron chi connectivity index (χ4n) is 4.53. The Morgan fingerprint density at radius 3 is 2.61 bits per heavy atom. The van der Waals surface area contributed by atoms with Crippen LogP contribution in [0.5, 0.6) is 0 Å². The van der Waals surface area contributed by atoms with Gasteiger partial charge in [-0.3, -0.25) is 19.3 Å². The highest BCUT2D eigenvalue weighted by Crippen LogP contribution is 2.33. The Morgan fingerprint density at radius 1 is 1.14 bits per heavy atom. The Bertz CT molecular complexity index is 632. The molecule has 0 bridgehead atoms. The molecule has 2 saturated heterocycles. The molecule has 156 valence electrons. The lowest BCUT2D eigenvalue weighted by molar-refractivity contribution is -0.141. The van der Waals surface area contributed by atoms with Gasteiger partial charge in [0.15, 0.2) is 0 Å². The molecule has 3 fully saturated rings. The van der Waals surface area contributed by atoms with Gasteiger partial charge in [-0.1, -0.05) is 19.3 Å². The molecule has 5 amide bonds. The van der Waals surface area contributed by atoms with Crippen molar-refractivity contribution in [3.05, 3.63) is 0 Å². The number of hydrogen-bond acceptors (Lipinski definition) is 5. The molecule has 9 nitrogen and oxygen atoms in total. The number of nitrogens with zero attached hydrogens (tertiary/aromatic N) is 2. The highest BCUT2D eigenvalue weighted by Gasteiger charge is 2.52. The van der Waals surface area contributed by atoms with Crippen LogP contribution in [0.15, 0.2) is 0 Å². The van der Waals surface area contributed by atoms with E-state index >= 15 is 0 Å². The van der Waals surface area contributed by atoms with Gasteiger partial charge in [0.05, 0.1) is 0 Å². The summed E-state index contributed by atoms with van der Waals surface area (Å²) in [6, 6.07) is -0.586. The van der Waals surface area contributed by atoms with Crippen molar-refractivity contribution < 1.29 is 19.2 Å². The second-order valence-corrected chi connectivity index (χ2v) is 8.04. The van der Waals surface area contributed by atoms with Gasteiger partial charge < -0.3 is 21.3 Å². The number of imide groups is 1. The Hall–Kier alpha value is -2.16. The van der Waals surface area contributed by atoms with Crippen LogP contribution in [0.4, 0.5) is 4.79 Å². The normalized spacial score (nSPS) is 24.4. The van der Waals surface area contributed by atoms with Crippen molar-refractivity contribution in [2.24, 2.45) is 5.73 Å². The number of likely N-dealkylation sites (tertiary alicyclic amines) is 1. The zero-order valence-electron chi connectivity index (χ0n) is 16.4. The summed E-state index contributed by atoms with van der Waals surface area (Å²) in [6.45, 7) is 0.993. The van der Waals surface area contributed by atoms with Gasteiger partial charge >= 0.3 is 6.03 Å². The minimum Gasteiger partial charge on any atom is -0.354 e. The summed E-state index contributed by atoms with van der Waals surface area (Å²) in [6.07, 6.45) is 7.06. The maximum absolute atomic E-state index is 12.9. The van der Waals surface area contributed by atoms with Crippen molar-refractivity contribution in [2.75, 3.05) is 26.2 Å². The van der Waals surface area contributed by atoms with Gasteiger partial charge in [0.2, 0.25) is 11.8 Å². The van der Waals surface area contributed by atoms with Crippen LogP contribution in [0, 0.1) is 0 Å². The SMILES string of the molecule is NCCC(=O)NCC1CCCCN1C(=O)CN1C(=O)NC2(CCCCC2)C1=O. The monoisotopic (exact) mass is 393 g/mol. The Kier molecular flexibility index (Phi) is 6.53. The third-order valence-electron chi connectivity index (χ3n) is 6.10.